The number of carbonyl (C=O) groups excluding carboxylic acids is 2. The van der Waals surface area contributed by atoms with Gasteiger partial charge in [0.25, 0.3) is 0 Å². The zero-order chi connectivity index (χ0) is 18.6. The molecule has 0 saturated heterocycles. The van der Waals surface area contributed by atoms with Crippen molar-refractivity contribution in [3.8, 4) is 0 Å². The van der Waals surface area contributed by atoms with Crippen molar-refractivity contribution in [3.63, 3.8) is 0 Å². The summed E-state index contributed by atoms with van der Waals surface area (Å²) in [5.74, 6) is -0.361. The maximum Gasteiger partial charge on any atom is 0.302 e. The number of benzene rings is 2. The van der Waals surface area contributed by atoms with E-state index in [0.717, 1.165) is 17.4 Å². The highest BCUT2D eigenvalue weighted by molar-refractivity contribution is 5.65. The molecule has 0 aromatic heterocycles. The number of rotatable bonds is 11. The first kappa shape index (κ1) is 19.8. The summed E-state index contributed by atoms with van der Waals surface area (Å²) in [4.78, 5) is 22.6. The second kappa shape index (κ2) is 11.2. The van der Waals surface area contributed by atoms with Gasteiger partial charge in [0.2, 0.25) is 0 Å². The Hall–Kier alpha value is -2.50. The van der Waals surface area contributed by atoms with E-state index in [4.69, 9.17) is 14.2 Å². The van der Waals surface area contributed by atoms with Crippen LogP contribution in [0.25, 0.3) is 0 Å². The van der Waals surface area contributed by atoms with Crippen LogP contribution < -0.4 is 0 Å². The van der Waals surface area contributed by atoms with E-state index in [1.807, 2.05) is 60.7 Å². The molecule has 0 N–H and O–H groups in total. The molecule has 2 aromatic rings. The first-order valence-corrected chi connectivity index (χ1v) is 8.58. The Bertz CT molecular complexity index is 657. The molecule has 0 spiro atoms. The van der Waals surface area contributed by atoms with Crippen LogP contribution in [0.4, 0.5) is 0 Å². The van der Waals surface area contributed by atoms with Gasteiger partial charge in [-0.3, -0.25) is 4.79 Å². The summed E-state index contributed by atoms with van der Waals surface area (Å²) in [7, 11) is 0. The third-order valence-electron chi connectivity index (χ3n) is 3.80. The molecule has 0 heterocycles. The molecule has 0 aliphatic carbocycles. The molecule has 0 unspecified atom stereocenters. The number of hydrogen-bond acceptors (Lipinski definition) is 5. The summed E-state index contributed by atoms with van der Waals surface area (Å²) >= 11 is 0. The van der Waals surface area contributed by atoms with Crippen LogP contribution in [0.15, 0.2) is 60.7 Å². The minimum atomic E-state index is -0.741. The highest BCUT2D eigenvalue weighted by Gasteiger charge is 2.23. The first-order valence-electron chi connectivity index (χ1n) is 8.58. The van der Waals surface area contributed by atoms with Gasteiger partial charge in [-0.05, 0) is 11.1 Å². The molecule has 0 fully saturated rings. The molecule has 2 rings (SSSR count). The lowest BCUT2D eigenvalue weighted by Crippen LogP contribution is -2.34. The smallest absolute Gasteiger partial charge is 0.302 e. The Morgan fingerprint density at radius 1 is 0.923 bits per heavy atom. The molecule has 0 saturated carbocycles. The van der Waals surface area contributed by atoms with E-state index < -0.39 is 12.2 Å². The van der Waals surface area contributed by atoms with Gasteiger partial charge in [0, 0.05) is 13.3 Å². The third-order valence-corrected chi connectivity index (χ3v) is 3.80. The normalized spacial score (nSPS) is 13.0. The van der Waals surface area contributed by atoms with Gasteiger partial charge < -0.3 is 19.0 Å². The van der Waals surface area contributed by atoms with Crippen LogP contribution in [-0.4, -0.2) is 31.1 Å². The van der Waals surface area contributed by atoms with Crippen LogP contribution in [0, 0.1) is 0 Å². The molecule has 0 bridgehead atoms. The lowest BCUT2D eigenvalue weighted by atomic mass is 10.1. The molecule has 138 valence electrons. The molecule has 2 aromatic carbocycles. The summed E-state index contributed by atoms with van der Waals surface area (Å²) in [6.07, 6.45) is -0.123. The van der Waals surface area contributed by atoms with Crippen molar-refractivity contribution >= 4 is 12.3 Å². The molecule has 26 heavy (non-hydrogen) atoms. The van der Waals surface area contributed by atoms with Gasteiger partial charge in [0.15, 0.2) is 6.29 Å². The Kier molecular flexibility index (Phi) is 8.52. The standard InChI is InChI=1S/C21H24O5/c1-17(23)24-13-12-20(25-15-18-8-4-2-5-9-18)21(14-22)26-16-19-10-6-3-7-11-19/h2-11,14,20-21H,12-13,15-16H2,1H3/t20-,21-/m0/s1. The lowest BCUT2D eigenvalue weighted by Gasteiger charge is -2.24. The quantitative estimate of drug-likeness (QED) is 0.457. The number of esters is 1. The van der Waals surface area contributed by atoms with E-state index in [2.05, 4.69) is 0 Å². The number of ether oxygens (including phenoxy) is 3. The van der Waals surface area contributed by atoms with Crippen molar-refractivity contribution in [2.24, 2.45) is 0 Å². The highest BCUT2D eigenvalue weighted by atomic mass is 16.6. The highest BCUT2D eigenvalue weighted by Crippen LogP contribution is 2.14. The van der Waals surface area contributed by atoms with Crippen molar-refractivity contribution in [3.05, 3.63) is 71.8 Å². The number of aldehydes is 1. The predicted octanol–water partition coefficient (Wildman–Crippen LogP) is 3.31. The third kappa shape index (κ3) is 7.17. The molecule has 5 heteroatoms. The second-order valence-corrected chi connectivity index (χ2v) is 5.86. The monoisotopic (exact) mass is 356 g/mol. The summed E-state index contributed by atoms with van der Waals surface area (Å²) in [6, 6.07) is 19.3. The van der Waals surface area contributed by atoms with E-state index in [-0.39, 0.29) is 12.6 Å². The summed E-state index contributed by atoms with van der Waals surface area (Å²) in [5, 5.41) is 0. The average molecular weight is 356 g/mol. The van der Waals surface area contributed by atoms with Gasteiger partial charge in [0.05, 0.1) is 25.9 Å². The lowest BCUT2D eigenvalue weighted by molar-refractivity contribution is -0.145. The number of hydrogen-bond donors (Lipinski definition) is 0. The Balaban J connectivity index is 1.95. The maximum atomic E-state index is 11.6. The minimum absolute atomic E-state index is 0.174. The SMILES string of the molecule is CC(=O)OCC[C@H](OCc1ccccc1)[C@H](C=O)OCc1ccccc1. The van der Waals surface area contributed by atoms with Gasteiger partial charge in [-0.25, -0.2) is 0 Å². The molecular weight excluding hydrogens is 332 g/mol. The molecule has 0 radical (unpaired) electrons. The van der Waals surface area contributed by atoms with Crippen LogP contribution in [0.5, 0.6) is 0 Å². The van der Waals surface area contributed by atoms with Crippen LogP contribution >= 0.6 is 0 Å². The Morgan fingerprint density at radius 2 is 1.46 bits per heavy atom. The number of carbonyl (C=O) groups is 2. The summed E-state index contributed by atoms with van der Waals surface area (Å²) in [6.45, 7) is 2.18. The van der Waals surface area contributed by atoms with E-state index in [1.165, 1.54) is 6.92 Å². The zero-order valence-electron chi connectivity index (χ0n) is 14.9. The summed E-state index contributed by atoms with van der Waals surface area (Å²) in [5.41, 5.74) is 1.97. The van der Waals surface area contributed by atoms with E-state index in [9.17, 15) is 9.59 Å². The molecule has 0 aliphatic rings. The van der Waals surface area contributed by atoms with Crippen molar-refractivity contribution in [1.29, 1.82) is 0 Å². The van der Waals surface area contributed by atoms with Gasteiger partial charge in [-0.1, -0.05) is 60.7 Å². The van der Waals surface area contributed by atoms with Crippen molar-refractivity contribution in [2.75, 3.05) is 6.61 Å². The molecule has 0 amide bonds. The van der Waals surface area contributed by atoms with Crippen molar-refractivity contribution in [2.45, 2.75) is 38.8 Å². The second-order valence-electron chi connectivity index (χ2n) is 5.86. The molecule has 5 nitrogen and oxygen atoms in total. The first-order chi connectivity index (χ1) is 12.7. The minimum Gasteiger partial charge on any atom is -0.466 e. The Labute approximate surface area is 153 Å². The zero-order valence-corrected chi connectivity index (χ0v) is 14.9. The van der Waals surface area contributed by atoms with Crippen LogP contribution in [0.3, 0.4) is 0 Å². The maximum absolute atomic E-state index is 11.6. The largest absolute Gasteiger partial charge is 0.466 e. The van der Waals surface area contributed by atoms with Crippen LogP contribution in [-0.2, 0) is 37.0 Å². The van der Waals surface area contributed by atoms with Gasteiger partial charge in [-0.2, -0.15) is 0 Å². The van der Waals surface area contributed by atoms with E-state index >= 15 is 0 Å². The van der Waals surface area contributed by atoms with Gasteiger partial charge in [0.1, 0.15) is 6.10 Å². The molecule has 2 atom stereocenters. The Morgan fingerprint density at radius 3 is 1.96 bits per heavy atom. The fraction of sp³-hybridized carbons (Fsp3) is 0.333. The molecule has 0 aliphatic heterocycles. The van der Waals surface area contributed by atoms with Crippen molar-refractivity contribution < 1.29 is 23.8 Å². The van der Waals surface area contributed by atoms with Gasteiger partial charge in [-0.15, -0.1) is 0 Å². The van der Waals surface area contributed by atoms with E-state index in [1.54, 1.807) is 0 Å². The van der Waals surface area contributed by atoms with E-state index in [0.29, 0.717) is 19.6 Å². The summed E-state index contributed by atoms with van der Waals surface area (Å²) < 4.78 is 16.6. The average Bonchev–Trinajstić information content (AvgIpc) is 2.67. The molecular formula is C21H24O5. The van der Waals surface area contributed by atoms with Crippen LogP contribution in [0.2, 0.25) is 0 Å². The van der Waals surface area contributed by atoms with Gasteiger partial charge >= 0.3 is 5.97 Å². The fourth-order valence-electron chi connectivity index (χ4n) is 2.44. The fourth-order valence-corrected chi connectivity index (χ4v) is 2.44. The predicted molar refractivity (Wildman–Crippen MR) is 97.4 cm³/mol. The van der Waals surface area contributed by atoms with Crippen molar-refractivity contribution in [1.82, 2.24) is 0 Å². The topological polar surface area (TPSA) is 61.8 Å². The van der Waals surface area contributed by atoms with Crippen LogP contribution in [0.1, 0.15) is 24.5 Å².